The first-order valence-electron chi connectivity index (χ1n) is 4.06. The summed E-state index contributed by atoms with van der Waals surface area (Å²) in [5.74, 6) is 0. The Labute approximate surface area is 94.7 Å². The number of fused-ring (bicyclic) bond motifs is 1. The summed E-state index contributed by atoms with van der Waals surface area (Å²) in [6.45, 7) is -0.0915. The molecule has 1 N–H and O–H groups in total. The van der Waals surface area contributed by atoms with Gasteiger partial charge in [0.1, 0.15) is 0 Å². The molecular formula is C10H7BrClNO. The molecule has 0 radical (unpaired) electrons. The number of aliphatic hydroxyl groups is 1. The number of aromatic nitrogens is 1. The van der Waals surface area contributed by atoms with Crippen molar-refractivity contribution in [3.05, 3.63) is 39.5 Å². The molecule has 14 heavy (non-hydrogen) atoms. The van der Waals surface area contributed by atoms with Crippen LogP contribution < -0.4 is 0 Å². The maximum absolute atomic E-state index is 8.95. The van der Waals surface area contributed by atoms with Crippen molar-refractivity contribution >= 4 is 38.4 Å². The topological polar surface area (TPSA) is 33.1 Å². The lowest BCUT2D eigenvalue weighted by Crippen LogP contribution is -1.90. The smallest absolute Gasteiger partial charge is 0.0853 e. The third-order valence-electron chi connectivity index (χ3n) is 1.94. The Bertz CT molecular complexity index is 487. The van der Waals surface area contributed by atoms with Crippen molar-refractivity contribution in [3.63, 3.8) is 0 Å². The largest absolute Gasteiger partial charge is 0.390 e. The molecule has 4 heteroatoms. The first-order valence-corrected chi connectivity index (χ1v) is 5.23. The molecule has 0 aliphatic heterocycles. The van der Waals surface area contributed by atoms with E-state index in [1.165, 1.54) is 0 Å². The van der Waals surface area contributed by atoms with Crippen LogP contribution in [0.15, 0.2) is 28.7 Å². The summed E-state index contributed by atoms with van der Waals surface area (Å²) >= 11 is 9.41. The Balaban J connectivity index is 2.76. The summed E-state index contributed by atoms with van der Waals surface area (Å²) < 4.78 is 0.963. The summed E-state index contributed by atoms with van der Waals surface area (Å²) in [4.78, 5) is 4.24. The third kappa shape index (κ3) is 1.75. The van der Waals surface area contributed by atoms with Crippen LogP contribution in [0.5, 0.6) is 0 Å². The summed E-state index contributed by atoms with van der Waals surface area (Å²) in [6.07, 6.45) is 0. The van der Waals surface area contributed by atoms with E-state index < -0.39 is 0 Å². The summed E-state index contributed by atoms with van der Waals surface area (Å²) in [7, 11) is 0. The minimum absolute atomic E-state index is 0.0915. The van der Waals surface area contributed by atoms with Crippen molar-refractivity contribution in [2.75, 3.05) is 0 Å². The van der Waals surface area contributed by atoms with Crippen LogP contribution in [0.4, 0.5) is 0 Å². The lowest BCUT2D eigenvalue weighted by Gasteiger charge is -2.03. The Hall–Kier alpha value is -0.640. The van der Waals surface area contributed by atoms with Crippen molar-refractivity contribution in [3.8, 4) is 0 Å². The number of pyridine rings is 1. The van der Waals surface area contributed by atoms with Gasteiger partial charge in [0.15, 0.2) is 0 Å². The highest BCUT2D eigenvalue weighted by Crippen LogP contribution is 2.26. The Morgan fingerprint density at radius 2 is 2.14 bits per heavy atom. The third-order valence-corrected chi connectivity index (χ3v) is 2.74. The lowest BCUT2D eigenvalue weighted by molar-refractivity contribution is 0.277. The zero-order valence-corrected chi connectivity index (χ0v) is 9.51. The average molecular weight is 273 g/mol. The van der Waals surface area contributed by atoms with Crippen LogP contribution in [-0.2, 0) is 6.61 Å². The van der Waals surface area contributed by atoms with E-state index in [4.69, 9.17) is 16.7 Å². The van der Waals surface area contributed by atoms with Crippen LogP contribution in [0.3, 0.4) is 0 Å². The Morgan fingerprint density at radius 3 is 2.86 bits per heavy atom. The highest BCUT2D eigenvalue weighted by molar-refractivity contribution is 9.10. The van der Waals surface area contributed by atoms with Gasteiger partial charge in [-0.25, -0.2) is 0 Å². The van der Waals surface area contributed by atoms with Gasteiger partial charge in [0.05, 0.1) is 22.8 Å². The maximum atomic E-state index is 8.95. The standard InChI is InChI=1S/C10H7BrClNO/c11-6-1-2-10-8(3-6)9(12)4-7(5-14)13-10/h1-4,14H,5H2. The number of halogens is 2. The molecule has 0 saturated carbocycles. The highest BCUT2D eigenvalue weighted by Gasteiger charge is 2.03. The number of aliphatic hydroxyl groups excluding tert-OH is 1. The zero-order valence-electron chi connectivity index (χ0n) is 7.17. The maximum Gasteiger partial charge on any atom is 0.0853 e. The van der Waals surface area contributed by atoms with Gasteiger partial charge in [0, 0.05) is 9.86 Å². The van der Waals surface area contributed by atoms with E-state index in [0.29, 0.717) is 10.7 Å². The Kier molecular flexibility index (Phi) is 2.72. The number of hydrogen-bond donors (Lipinski definition) is 1. The molecule has 72 valence electrons. The van der Waals surface area contributed by atoms with Crippen LogP contribution >= 0.6 is 27.5 Å². The van der Waals surface area contributed by atoms with Crippen LogP contribution in [-0.4, -0.2) is 10.1 Å². The van der Waals surface area contributed by atoms with E-state index in [9.17, 15) is 0 Å². The van der Waals surface area contributed by atoms with Gasteiger partial charge in [-0.15, -0.1) is 0 Å². The molecule has 2 aromatic rings. The first kappa shape index (κ1) is 9.90. The number of nitrogens with zero attached hydrogens (tertiary/aromatic N) is 1. The minimum atomic E-state index is -0.0915. The predicted octanol–water partition coefficient (Wildman–Crippen LogP) is 3.14. The molecule has 0 spiro atoms. The molecule has 1 aromatic carbocycles. The molecule has 0 fully saturated rings. The molecular weight excluding hydrogens is 265 g/mol. The summed E-state index contributed by atoms with van der Waals surface area (Å²) in [5, 5.41) is 10.4. The summed E-state index contributed by atoms with van der Waals surface area (Å²) in [6, 6.07) is 7.35. The van der Waals surface area contributed by atoms with Crippen LogP contribution in [0.2, 0.25) is 5.02 Å². The fraction of sp³-hybridized carbons (Fsp3) is 0.100. The quantitative estimate of drug-likeness (QED) is 0.865. The SMILES string of the molecule is OCc1cc(Cl)c2cc(Br)ccc2n1. The number of rotatable bonds is 1. The van der Waals surface area contributed by atoms with Gasteiger partial charge in [-0.05, 0) is 24.3 Å². The monoisotopic (exact) mass is 271 g/mol. The van der Waals surface area contributed by atoms with Crippen molar-refractivity contribution in [2.24, 2.45) is 0 Å². The molecule has 0 aliphatic rings. The molecule has 0 unspecified atom stereocenters. The van der Waals surface area contributed by atoms with E-state index >= 15 is 0 Å². The second kappa shape index (κ2) is 3.85. The fourth-order valence-corrected chi connectivity index (χ4v) is 1.93. The first-order chi connectivity index (χ1) is 6.70. The van der Waals surface area contributed by atoms with Gasteiger partial charge in [-0.3, -0.25) is 4.98 Å². The molecule has 1 heterocycles. The van der Waals surface area contributed by atoms with Crippen LogP contribution in [0, 0.1) is 0 Å². The summed E-state index contributed by atoms with van der Waals surface area (Å²) in [5.41, 5.74) is 1.38. The molecule has 2 rings (SSSR count). The number of hydrogen-bond acceptors (Lipinski definition) is 2. The van der Waals surface area contributed by atoms with Crippen LogP contribution in [0.1, 0.15) is 5.69 Å². The number of benzene rings is 1. The molecule has 0 saturated heterocycles. The van der Waals surface area contributed by atoms with E-state index in [-0.39, 0.29) is 6.61 Å². The van der Waals surface area contributed by atoms with E-state index in [1.54, 1.807) is 6.07 Å². The van der Waals surface area contributed by atoms with Crippen molar-refractivity contribution < 1.29 is 5.11 Å². The zero-order chi connectivity index (χ0) is 10.1. The average Bonchev–Trinajstić information content (AvgIpc) is 2.19. The van der Waals surface area contributed by atoms with Gasteiger partial charge < -0.3 is 5.11 Å². The second-order valence-corrected chi connectivity index (χ2v) is 4.24. The van der Waals surface area contributed by atoms with E-state index in [0.717, 1.165) is 15.4 Å². The fourth-order valence-electron chi connectivity index (χ4n) is 1.29. The molecule has 0 bridgehead atoms. The highest BCUT2D eigenvalue weighted by atomic mass is 79.9. The molecule has 2 nitrogen and oxygen atoms in total. The Morgan fingerprint density at radius 1 is 1.36 bits per heavy atom. The molecule has 0 amide bonds. The van der Waals surface area contributed by atoms with Gasteiger partial charge in [-0.1, -0.05) is 27.5 Å². The van der Waals surface area contributed by atoms with Gasteiger partial charge in [-0.2, -0.15) is 0 Å². The molecule has 1 aromatic heterocycles. The van der Waals surface area contributed by atoms with Gasteiger partial charge in [0.2, 0.25) is 0 Å². The van der Waals surface area contributed by atoms with Gasteiger partial charge >= 0.3 is 0 Å². The van der Waals surface area contributed by atoms with E-state index in [2.05, 4.69) is 20.9 Å². The van der Waals surface area contributed by atoms with Crippen LogP contribution in [0.25, 0.3) is 10.9 Å². The van der Waals surface area contributed by atoms with Crippen molar-refractivity contribution in [2.45, 2.75) is 6.61 Å². The van der Waals surface area contributed by atoms with Crippen molar-refractivity contribution in [1.29, 1.82) is 0 Å². The normalized spacial score (nSPS) is 10.8. The minimum Gasteiger partial charge on any atom is -0.390 e. The van der Waals surface area contributed by atoms with E-state index in [1.807, 2.05) is 18.2 Å². The second-order valence-electron chi connectivity index (χ2n) is 2.92. The predicted molar refractivity (Wildman–Crippen MR) is 60.4 cm³/mol. The molecule has 0 atom stereocenters. The van der Waals surface area contributed by atoms with Crippen molar-refractivity contribution in [1.82, 2.24) is 4.98 Å². The van der Waals surface area contributed by atoms with Gasteiger partial charge in [0.25, 0.3) is 0 Å². The molecule has 0 aliphatic carbocycles. The lowest BCUT2D eigenvalue weighted by atomic mass is 10.2.